The van der Waals surface area contributed by atoms with Gasteiger partial charge >= 0.3 is 0 Å². The van der Waals surface area contributed by atoms with E-state index in [2.05, 4.69) is 11.9 Å². The first-order valence-corrected chi connectivity index (χ1v) is 5.69. The van der Waals surface area contributed by atoms with E-state index in [1.54, 1.807) is 0 Å². The molecular weight excluding hydrogens is 188 g/mol. The highest BCUT2D eigenvalue weighted by Crippen LogP contribution is 2.37. The van der Waals surface area contributed by atoms with Gasteiger partial charge in [0.25, 0.3) is 0 Å². The maximum atomic E-state index is 5.96. The normalized spacial score (nSPS) is 26.8. The Morgan fingerprint density at radius 3 is 2.67 bits per heavy atom. The molecule has 0 aliphatic heterocycles. The standard InChI is InChI=1S/C11H20N4/c1-7-4-3-5-9(6-7)10-11(12)15(13)8(2)14-10/h7,9H,3-6,12-13H2,1-2H3. The molecule has 1 heterocycles. The van der Waals surface area contributed by atoms with Gasteiger partial charge in [-0.3, -0.25) is 0 Å². The van der Waals surface area contributed by atoms with Crippen LogP contribution in [0, 0.1) is 12.8 Å². The van der Waals surface area contributed by atoms with Gasteiger partial charge in [-0.15, -0.1) is 0 Å². The van der Waals surface area contributed by atoms with Crippen LogP contribution >= 0.6 is 0 Å². The first-order valence-electron chi connectivity index (χ1n) is 5.69. The van der Waals surface area contributed by atoms with Gasteiger partial charge in [0.05, 0.1) is 5.69 Å². The van der Waals surface area contributed by atoms with Crippen molar-refractivity contribution in [1.82, 2.24) is 9.66 Å². The third-order valence-corrected chi connectivity index (χ3v) is 3.48. The molecule has 2 unspecified atom stereocenters. The maximum absolute atomic E-state index is 5.96. The van der Waals surface area contributed by atoms with Crippen molar-refractivity contribution >= 4 is 5.82 Å². The Kier molecular flexibility index (Phi) is 2.59. The predicted molar refractivity (Wildman–Crippen MR) is 61.9 cm³/mol. The second-order valence-corrected chi connectivity index (χ2v) is 4.77. The Balaban J connectivity index is 2.25. The van der Waals surface area contributed by atoms with Crippen molar-refractivity contribution < 1.29 is 0 Å². The molecule has 0 aromatic carbocycles. The molecule has 1 aliphatic rings. The van der Waals surface area contributed by atoms with Crippen molar-refractivity contribution in [3.8, 4) is 0 Å². The molecule has 1 aliphatic carbocycles. The Morgan fingerprint density at radius 1 is 1.40 bits per heavy atom. The molecule has 1 fully saturated rings. The van der Waals surface area contributed by atoms with Crippen molar-refractivity contribution in [2.24, 2.45) is 5.92 Å². The summed E-state index contributed by atoms with van der Waals surface area (Å²) in [5.74, 6) is 8.52. The van der Waals surface area contributed by atoms with E-state index in [0.717, 1.165) is 17.4 Å². The Labute approximate surface area is 90.6 Å². The summed E-state index contributed by atoms with van der Waals surface area (Å²) in [5.41, 5.74) is 6.97. The molecule has 15 heavy (non-hydrogen) atoms. The Morgan fingerprint density at radius 2 is 2.13 bits per heavy atom. The van der Waals surface area contributed by atoms with Crippen LogP contribution in [0.15, 0.2) is 0 Å². The van der Waals surface area contributed by atoms with Gasteiger partial charge < -0.3 is 11.6 Å². The zero-order chi connectivity index (χ0) is 11.0. The number of nitrogens with zero attached hydrogens (tertiary/aromatic N) is 2. The van der Waals surface area contributed by atoms with E-state index >= 15 is 0 Å². The topological polar surface area (TPSA) is 69.9 Å². The molecule has 0 radical (unpaired) electrons. The monoisotopic (exact) mass is 208 g/mol. The van der Waals surface area contributed by atoms with Crippen LogP contribution in [0.5, 0.6) is 0 Å². The van der Waals surface area contributed by atoms with E-state index in [9.17, 15) is 0 Å². The van der Waals surface area contributed by atoms with E-state index in [1.165, 1.54) is 30.4 Å². The predicted octanol–water partition coefficient (Wildman–Crippen LogP) is 1.78. The summed E-state index contributed by atoms with van der Waals surface area (Å²) < 4.78 is 1.49. The number of hydrogen-bond donors (Lipinski definition) is 2. The van der Waals surface area contributed by atoms with Gasteiger partial charge in [-0.25, -0.2) is 9.66 Å². The minimum absolute atomic E-state index is 0.511. The van der Waals surface area contributed by atoms with Crippen molar-refractivity contribution in [2.45, 2.75) is 45.4 Å². The van der Waals surface area contributed by atoms with E-state index in [0.29, 0.717) is 11.7 Å². The van der Waals surface area contributed by atoms with Crippen LogP contribution in [0.2, 0.25) is 0 Å². The molecule has 2 atom stereocenters. The quantitative estimate of drug-likeness (QED) is 0.691. The summed E-state index contributed by atoms with van der Waals surface area (Å²) in [5, 5.41) is 0. The van der Waals surface area contributed by atoms with Gasteiger partial charge in [-0.1, -0.05) is 19.8 Å². The van der Waals surface area contributed by atoms with Gasteiger partial charge in [0.1, 0.15) is 11.6 Å². The Bertz CT molecular complexity index is 356. The number of nitrogens with two attached hydrogens (primary N) is 2. The van der Waals surface area contributed by atoms with Crippen LogP contribution in [-0.2, 0) is 0 Å². The molecular formula is C11H20N4. The van der Waals surface area contributed by atoms with Crippen molar-refractivity contribution in [2.75, 3.05) is 11.6 Å². The number of nitrogen functional groups attached to an aromatic ring is 2. The summed E-state index contributed by atoms with van der Waals surface area (Å²) in [6.45, 7) is 4.20. The maximum Gasteiger partial charge on any atom is 0.146 e. The minimum Gasteiger partial charge on any atom is -0.382 e. The molecule has 0 amide bonds. The first-order chi connectivity index (χ1) is 7.09. The molecule has 0 saturated heterocycles. The third kappa shape index (κ3) is 1.80. The van der Waals surface area contributed by atoms with Crippen molar-refractivity contribution in [3.63, 3.8) is 0 Å². The van der Waals surface area contributed by atoms with Crippen LogP contribution in [-0.4, -0.2) is 9.66 Å². The van der Waals surface area contributed by atoms with Crippen LogP contribution in [0.1, 0.15) is 50.0 Å². The lowest BCUT2D eigenvalue weighted by Crippen LogP contribution is -2.16. The van der Waals surface area contributed by atoms with Crippen LogP contribution in [0.25, 0.3) is 0 Å². The van der Waals surface area contributed by atoms with Gasteiger partial charge in [-0.05, 0) is 25.7 Å². The van der Waals surface area contributed by atoms with E-state index in [1.807, 2.05) is 6.92 Å². The average molecular weight is 208 g/mol. The molecule has 4 heteroatoms. The zero-order valence-electron chi connectivity index (χ0n) is 9.53. The summed E-state index contributed by atoms with van der Waals surface area (Å²) >= 11 is 0. The van der Waals surface area contributed by atoms with Crippen LogP contribution in [0.4, 0.5) is 5.82 Å². The first kappa shape index (κ1) is 10.3. The third-order valence-electron chi connectivity index (χ3n) is 3.48. The summed E-state index contributed by atoms with van der Waals surface area (Å²) in [7, 11) is 0. The van der Waals surface area contributed by atoms with E-state index in [-0.39, 0.29) is 0 Å². The number of anilines is 1. The molecule has 1 aromatic rings. The van der Waals surface area contributed by atoms with Crippen molar-refractivity contribution in [1.29, 1.82) is 0 Å². The molecule has 4 N–H and O–H groups in total. The van der Waals surface area contributed by atoms with Gasteiger partial charge in [0, 0.05) is 5.92 Å². The number of aryl methyl sites for hydroxylation is 1. The highest BCUT2D eigenvalue weighted by Gasteiger charge is 2.25. The van der Waals surface area contributed by atoms with E-state index < -0.39 is 0 Å². The lowest BCUT2D eigenvalue weighted by Gasteiger charge is -2.25. The summed E-state index contributed by atoms with van der Waals surface area (Å²) in [6, 6.07) is 0. The molecule has 1 saturated carbocycles. The van der Waals surface area contributed by atoms with Gasteiger partial charge in [0.15, 0.2) is 0 Å². The number of hydrogen-bond acceptors (Lipinski definition) is 3. The van der Waals surface area contributed by atoms with E-state index in [4.69, 9.17) is 11.6 Å². The van der Waals surface area contributed by atoms with Gasteiger partial charge in [0.2, 0.25) is 0 Å². The Hall–Kier alpha value is -1.19. The largest absolute Gasteiger partial charge is 0.382 e. The molecule has 84 valence electrons. The van der Waals surface area contributed by atoms with Gasteiger partial charge in [-0.2, -0.15) is 0 Å². The highest BCUT2D eigenvalue weighted by molar-refractivity contribution is 5.40. The fourth-order valence-corrected chi connectivity index (χ4v) is 2.57. The van der Waals surface area contributed by atoms with Crippen LogP contribution in [0.3, 0.4) is 0 Å². The van der Waals surface area contributed by atoms with Crippen LogP contribution < -0.4 is 11.6 Å². The second-order valence-electron chi connectivity index (χ2n) is 4.77. The lowest BCUT2D eigenvalue weighted by molar-refractivity contribution is 0.341. The second kappa shape index (κ2) is 3.76. The number of imidazole rings is 1. The fraction of sp³-hybridized carbons (Fsp3) is 0.727. The minimum atomic E-state index is 0.511. The SMILES string of the molecule is Cc1nc(C2CCCC(C)C2)c(N)n1N. The molecule has 0 bridgehead atoms. The number of rotatable bonds is 1. The summed E-state index contributed by atoms with van der Waals surface area (Å²) in [6.07, 6.45) is 5.01. The fourth-order valence-electron chi connectivity index (χ4n) is 2.57. The highest BCUT2D eigenvalue weighted by atomic mass is 15.4. The molecule has 2 rings (SSSR count). The molecule has 4 nitrogen and oxygen atoms in total. The lowest BCUT2D eigenvalue weighted by atomic mass is 9.81. The average Bonchev–Trinajstić information content (AvgIpc) is 2.46. The molecule has 1 aromatic heterocycles. The number of aromatic nitrogens is 2. The zero-order valence-corrected chi connectivity index (χ0v) is 9.53. The van der Waals surface area contributed by atoms with Crippen molar-refractivity contribution in [3.05, 3.63) is 11.5 Å². The molecule has 0 spiro atoms. The summed E-state index contributed by atoms with van der Waals surface area (Å²) in [4.78, 5) is 4.48. The smallest absolute Gasteiger partial charge is 0.146 e.